The van der Waals surface area contributed by atoms with Gasteiger partial charge in [-0.2, -0.15) is 0 Å². The molecule has 1 amide bonds. The number of hydrogen-bond donors (Lipinski definition) is 0. The maximum atomic E-state index is 13.3. The van der Waals surface area contributed by atoms with Crippen LogP contribution in [0.5, 0.6) is 0 Å². The normalized spacial score (nSPS) is 21.7. The number of rotatable bonds is 3. The lowest BCUT2D eigenvalue weighted by molar-refractivity contribution is 0.0107. The van der Waals surface area contributed by atoms with Gasteiger partial charge in [-0.05, 0) is 56.9 Å². The SMILES string of the molecule is CCn1cnnc1C1CN(C(=O)c2ccc(C)c(C)c2)CC12CCOCC2. The molecular weight excluding hydrogens is 340 g/mol. The van der Waals surface area contributed by atoms with Crippen LogP contribution in [0.15, 0.2) is 24.5 Å². The Labute approximate surface area is 160 Å². The molecule has 144 valence electrons. The molecule has 1 aromatic carbocycles. The third-order valence-electron chi connectivity index (χ3n) is 6.48. The molecule has 1 unspecified atom stereocenters. The number of likely N-dealkylation sites (tertiary alicyclic amines) is 1. The highest BCUT2D eigenvalue weighted by Gasteiger charge is 2.51. The molecule has 4 rings (SSSR count). The van der Waals surface area contributed by atoms with Crippen molar-refractivity contribution >= 4 is 5.91 Å². The molecular formula is C21H28N4O2. The average Bonchev–Trinajstić information content (AvgIpc) is 3.28. The first kappa shape index (κ1) is 18.2. The topological polar surface area (TPSA) is 60.2 Å². The smallest absolute Gasteiger partial charge is 0.253 e. The Hall–Kier alpha value is -2.21. The lowest BCUT2D eigenvalue weighted by Gasteiger charge is -2.37. The van der Waals surface area contributed by atoms with Crippen LogP contribution in [-0.2, 0) is 11.3 Å². The van der Waals surface area contributed by atoms with E-state index < -0.39 is 0 Å². The number of amides is 1. The summed E-state index contributed by atoms with van der Waals surface area (Å²) in [4.78, 5) is 15.3. The molecule has 6 heteroatoms. The maximum absolute atomic E-state index is 13.3. The van der Waals surface area contributed by atoms with E-state index in [9.17, 15) is 4.79 Å². The molecule has 2 aromatic rings. The second kappa shape index (κ2) is 7.08. The summed E-state index contributed by atoms with van der Waals surface area (Å²) in [5.41, 5.74) is 3.18. The van der Waals surface area contributed by atoms with Gasteiger partial charge in [-0.25, -0.2) is 0 Å². The van der Waals surface area contributed by atoms with Crippen LogP contribution in [0, 0.1) is 19.3 Å². The van der Waals surface area contributed by atoms with Crippen LogP contribution in [0.3, 0.4) is 0 Å². The van der Waals surface area contributed by atoms with Gasteiger partial charge in [0.15, 0.2) is 0 Å². The number of carbonyl (C=O) groups excluding carboxylic acids is 1. The number of benzene rings is 1. The van der Waals surface area contributed by atoms with E-state index in [-0.39, 0.29) is 17.2 Å². The van der Waals surface area contributed by atoms with Crippen molar-refractivity contribution in [1.82, 2.24) is 19.7 Å². The molecule has 6 nitrogen and oxygen atoms in total. The zero-order valence-electron chi connectivity index (χ0n) is 16.4. The van der Waals surface area contributed by atoms with Gasteiger partial charge in [0.2, 0.25) is 0 Å². The maximum Gasteiger partial charge on any atom is 0.253 e. The summed E-state index contributed by atoms with van der Waals surface area (Å²) in [6.45, 7) is 10.1. The molecule has 0 bridgehead atoms. The fourth-order valence-corrected chi connectivity index (χ4v) is 4.60. The molecule has 0 aliphatic carbocycles. The molecule has 2 aliphatic rings. The Morgan fingerprint density at radius 1 is 1.26 bits per heavy atom. The Morgan fingerprint density at radius 2 is 2.04 bits per heavy atom. The first-order valence-corrected chi connectivity index (χ1v) is 9.86. The van der Waals surface area contributed by atoms with Gasteiger partial charge >= 0.3 is 0 Å². The number of hydrogen-bond acceptors (Lipinski definition) is 4. The molecule has 0 N–H and O–H groups in total. The molecule has 3 heterocycles. The van der Waals surface area contributed by atoms with Crippen molar-refractivity contribution in [1.29, 1.82) is 0 Å². The van der Waals surface area contributed by atoms with E-state index in [0.717, 1.165) is 56.1 Å². The van der Waals surface area contributed by atoms with Crippen LogP contribution in [0.25, 0.3) is 0 Å². The molecule has 1 atom stereocenters. The van der Waals surface area contributed by atoms with Crippen LogP contribution in [-0.4, -0.2) is 51.9 Å². The summed E-state index contributed by atoms with van der Waals surface area (Å²) in [6, 6.07) is 5.99. The van der Waals surface area contributed by atoms with Crippen molar-refractivity contribution in [3.63, 3.8) is 0 Å². The van der Waals surface area contributed by atoms with E-state index in [1.54, 1.807) is 6.33 Å². The van der Waals surface area contributed by atoms with Crippen LogP contribution >= 0.6 is 0 Å². The molecule has 0 radical (unpaired) electrons. The van der Waals surface area contributed by atoms with Crippen LogP contribution in [0.1, 0.15) is 53.0 Å². The highest BCUT2D eigenvalue weighted by atomic mass is 16.5. The molecule has 2 fully saturated rings. The largest absolute Gasteiger partial charge is 0.381 e. The molecule has 2 aliphatic heterocycles. The van der Waals surface area contributed by atoms with Gasteiger partial charge in [0.25, 0.3) is 5.91 Å². The molecule has 1 aromatic heterocycles. The number of aromatic nitrogens is 3. The van der Waals surface area contributed by atoms with E-state index in [2.05, 4.69) is 35.5 Å². The number of ether oxygens (including phenoxy) is 1. The van der Waals surface area contributed by atoms with E-state index >= 15 is 0 Å². The summed E-state index contributed by atoms with van der Waals surface area (Å²) in [6.07, 6.45) is 3.73. The van der Waals surface area contributed by atoms with Crippen molar-refractivity contribution in [2.24, 2.45) is 5.41 Å². The van der Waals surface area contributed by atoms with Crippen molar-refractivity contribution in [2.75, 3.05) is 26.3 Å². The van der Waals surface area contributed by atoms with Crippen molar-refractivity contribution < 1.29 is 9.53 Å². The minimum absolute atomic E-state index is 0.0353. The predicted octanol–water partition coefficient (Wildman–Crippen LogP) is 2.95. The Morgan fingerprint density at radius 3 is 2.74 bits per heavy atom. The number of aryl methyl sites for hydroxylation is 3. The second-order valence-electron chi connectivity index (χ2n) is 7.99. The lowest BCUT2D eigenvalue weighted by Crippen LogP contribution is -2.37. The lowest BCUT2D eigenvalue weighted by atomic mass is 9.71. The standard InChI is InChI=1S/C21H28N4O2/c1-4-24-14-22-23-19(24)18-12-25(13-21(18)7-9-27-10-8-21)20(26)17-6-5-15(2)16(3)11-17/h5-6,11,14,18H,4,7-10,12-13H2,1-3H3. The van der Waals surface area contributed by atoms with E-state index in [0.29, 0.717) is 6.54 Å². The zero-order chi connectivity index (χ0) is 19.0. The number of nitrogens with zero attached hydrogens (tertiary/aromatic N) is 4. The first-order valence-electron chi connectivity index (χ1n) is 9.86. The van der Waals surface area contributed by atoms with Gasteiger partial charge in [-0.1, -0.05) is 6.07 Å². The summed E-state index contributed by atoms with van der Waals surface area (Å²) < 4.78 is 7.76. The van der Waals surface area contributed by atoms with Crippen LogP contribution in [0.2, 0.25) is 0 Å². The Balaban J connectivity index is 1.66. The van der Waals surface area contributed by atoms with E-state index in [1.165, 1.54) is 5.56 Å². The highest BCUT2D eigenvalue weighted by molar-refractivity contribution is 5.94. The monoisotopic (exact) mass is 368 g/mol. The molecule has 27 heavy (non-hydrogen) atoms. The fraction of sp³-hybridized carbons (Fsp3) is 0.571. The summed E-state index contributed by atoms with van der Waals surface area (Å²) in [5, 5.41) is 8.59. The van der Waals surface area contributed by atoms with Gasteiger partial charge in [-0.3, -0.25) is 4.79 Å². The molecule has 1 spiro atoms. The van der Waals surface area contributed by atoms with Gasteiger partial charge in [0.1, 0.15) is 12.2 Å². The Kier molecular flexibility index (Phi) is 4.76. The third kappa shape index (κ3) is 3.16. The van der Waals surface area contributed by atoms with Crippen LogP contribution < -0.4 is 0 Å². The highest BCUT2D eigenvalue weighted by Crippen LogP contribution is 2.49. The van der Waals surface area contributed by atoms with Gasteiger partial charge in [0, 0.05) is 49.7 Å². The molecule has 2 saturated heterocycles. The van der Waals surface area contributed by atoms with Gasteiger partial charge in [-0.15, -0.1) is 10.2 Å². The first-order chi connectivity index (χ1) is 13.0. The van der Waals surface area contributed by atoms with E-state index in [1.807, 2.05) is 23.1 Å². The predicted molar refractivity (Wildman–Crippen MR) is 103 cm³/mol. The minimum atomic E-state index is 0.0353. The summed E-state index contributed by atoms with van der Waals surface area (Å²) >= 11 is 0. The second-order valence-corrected chi connectivity index (χ2v) is 7.99. The van der Waals surface area contributed by atoms with Crippen molar-refractivity contribution in [2.45, 2.75) is 46.1 Å². The van der Waals surface area contributed by atoms with Crippen molar-refractivity contribution in [3.05, 3.63) is 47.0 Å². The van der Waals surface area contributed by atoms with E-state index in [4.69, 9.17) is 4.74 Å². The fourth-order valence-electron chi connectivity index (χ4n) is 4.60. The van der Waals surface area contributed by atoms with Crippen molar-refractivity contribution in [3.8, 4) is 0 Å². The van der Waals surface area contributed by atoms with Gasteiger partial charge < -0.3 is 14.2 Å². The van der Waals surface area contributed by atoms with Gasteiger partial charge in [0.05, 0.1) is 0 Å². The minimum Gasteiger partial charge on any atom is -0.381 e. The molecule has 0 saturated carbocycles. The quantitative estimate of drug-likeness (QED) is 0.836. The van der Waals surface area contributed by atoms with Crippen LogP contribution in [0.4, 0.5) is 0 Å². The zero-order valence-corrected chi connectivity index (χ0v) is 16.4. The Bertz CT molecular complexity index is 838. The summed E-state index contributed by atoms with van der Waals surface area (Å²) in [5.74, 6) is 1.34. The number of carbonyl (C=O) groups is 1. The average molecular weight is 368 g/mol. The summed E-state index contributed by atoms with van der Waals surface area (Å²) in [7, 11) is 0. The third-order valence-corrected chi connectivity index (χ3v) is 6.48.